The van der Waals surface area contributed by atoms with E-state index >= 15 is 0 Å². The van der Waals surface area contributed by atoms with E-state index < -0.39 is 5.91 Å². The molecule has 2 heterocycles. The molecular weight excluding hydrogens is 268 g/mol. The molecule has 0 radical (unpaired) electrons. The molecule has 1 amide bonds. The summed E-state index contributed by atoms with van der Waals surface area (Å²) < 4.78 is 0. The average Bonchev–Trinajstić information content (AvgIpc) is 2.54. The fourth-order valence-corrected chi connectivity index (χ4v) is 4.14. The molecule has 0 spiro atoms. The van der Waals surface area contributed by atoms with Crippen molar-refractivity contribution in [2.45, 2.75) is 11.3 Å². The van der Waals surface area contributed by atoms with E-state index in [-0.39, 0.29) is 0 Å². The lowest BCUT2D eigenvalue weighted by Gasteiger charge is -2.21. The lowest BCUT2D eigenvalue weighted by Crippen LogP contribution is -2.27. The van der Waals surface area contributed by atoms with Crippen LogP contribution in [0.1, 0.15) is 16.1 Å². The highest BCUT2D eigenvalue weighted by Gasteiger charge is 2.23. The van der Waals surface area contributed by atoms with Gasteiger partial charge in [0.05, 0.1) is 10.6 Å². The van der Waals surface area contributed by atoms with Crippen LogP contribution in [-0.4, -0.2) is 38.3 Å². The van der Waals surface area contributed by atoms with Crippen LogP contribution in [0.2, 0.25) is 0 Å². The van der Waals surface area contributed by atoms with E-state index in [0.717, 1.165) is 42.5 Å². The Bertz CT molecular complexity index is 438. The Morgan fingerprint density at radius 1 is 1.44 bits per heavy atom. The summed E-state index contributed by atoms with van der Waals surface area (Å²) in [6.45, 7) is 3.91. The summed E-state index contributed by atoms with van der Waals surface area (Å²) >= 11 is 2.99. The summed E-state index contributed by atoms with van der Waals surface area (Å²) in [6.07, 6.45) is 3.07. The number of primary amides is 1. The molecule has 2 rings (SSSR count). The van der Waals surface area contributed by atoms with Gasteiger partial charge >= 0.3 is 0 Å². The van der Waals surface area contributed by atoms with Crippen molar-refractivity contribution in [1.29, 1.82) is 0 Å². The van der Waals surface area contributed by atoms with Gasteiger partial charge in [0.2, 0.25) is 0 Å². The summed E-state index contributed by atoms with van der Waals surface area (Å²) in [5, 5.41) is 4.44. The summed E-state index contributed by atoms with van der Waals surface area (Å²) in [4.78, 5) is 15.1. The summed E-state index contributed by atoms with van der Waals surface area (Å²) in [7, 11) is 0. The second kappa shape index (κ2) is 5.81. The van der Waals surface area contributed by atoms with Crippen LogP contribution in [0.3, 0.4) is 0 Å². The first-order valence-electron chi connectivity index (χ1n) is 5.87. The minimum atomic E-state index is -0.438. The third-order valence-corrected chi connectivity index (χ3v) is 5.17. The predicted octanol–water partition coefficient (Wildman–Crippen LogP) is 0.951. The molecule has 0 unspecified atom stereocenters. The molecule has 0 aromatic carbocycles. The van der Waals surface area contributed by atoms with E-state index in [0.29, 0.717) is 10.6 Å². The summed E-state index contributed by atoms with van der Waals surface area (Å²) in [5.74, 6) is -0.438. The van der Waals surface area contributed by atoms with Crippen molar-refractivity contribution in [2.75, 3.05) is 43.1 Å². The molecule has 0 atom stereocenters. The number of nitrogens with one attached hydrogen (secondary N) is 1. The normalized spacial score (nSPS) is 16.6. The average molecular weight is 286 g/mol. The molecule has 1 aromatic heterocycles. The van der Waals surface area contributed by atoms with Gasteiger partial charge in [-0.1, -0.05) is 0 Å². The monoisotopic (exact) mass is 286 g/mol. The lowest BCUT2D eigenvalue weighted by atomic mass is 10.3. The van der Waals surface area contributed by atoms with Crippen molar-refractivity contribution in [3.05, 3.63) is 4.88 Å². The number of amides is 1. The molecule has 18 heavy (non-hydrogen) atoms. The Morgan fingerprint density at radius 2 is 2.22 bits per heavy atom. The highest BCUT2D eigenvalue weighted by atomic mass is 32.2. The van der Waals surface area contributed by atoms with Gasteiger partial charge in [-0.3, -0.25) is 4.79 Å². The maximum atomic E-state index is 11.4. The zero-order valence-corrected chi connectivity index (χ0v) is 12.0. The number of carbonyl (C=O) groups is 1. The Morgan fingerprint density at radius 3 is 2.89 bits per heavy atom. The van der Waals surface area contributed by atoms with Crippen LogP contribution in [0.5, 0.6) is 0 Å². The molecule has 5 N–H and O–H groups in total. The Hall–Kier alpha value is -0.920. The maximum Gasteiger partial charge on any atom is 0.261 e. The number of nitrogens with two attached hydrogens (primary N) is 2. The van der Waals surface area contributed by atoms with E-state index in [9.17, 15) is 4.79 Å². The van der Waals surface area contributed by atoms with Gasteiger partial charge in [0.15, 0.2) is 0 Å². The minimum Gasteiger partial charge on any atom is -0.396 e. The van der Waals surface area contributed by atoms with Crippen LogP contribution in [0.15, 0.2) is 4.90 Å². The molecule has 1 fully saturated rings. The molecule has 1 aliphatic rings. The standard InChI is InChI=1S/C11H18N4OS2/c1-17-9-7(12)8(10(13)16)18-11(9)15-5-2-3-14-4-6-15/h14H,2-6,12H2,1H3,(H2,13,16). The van der Waals surface area contributed by atoms with Crippen LogP contribution in [0.4, 0.5) is 10.7 Å². The number of nitrogens with zero attached hydrogens (tertiary/aromatic N) is 1. The number of nitrogen functional groups attached to an aromatic ring is 1. The summed E-state index contributed by atoms with van der Waals surface area (Å²) in [5.41, 5.74) is 11.9. The van der Waals surface area contributed by atoms with Crippen molar-refractivity contribution in [2.24, 2.45) is 5.73 Å². The van der Waals surface area contributed by atoms with Crippen LogP contribution in [0, 0.1) is 0 Å². The lowest BCUT2D eigenvalue weighted by molar-refractivity contribution is 0.100. The maximum absolute atomic E-state index is 11.4. The van der Waals surface area contributed by atoms with Gasteiger partial charge < -0.3 is 21.7 Å². The Kier molecular flexibility index (Phi) is 4.36. The number of thiophene rings is 1. The molecule has 1 aromatic rings. The third-order valence-electron chi connectivity index (χ3n) is 2.94. The molecule has 0 aliphatic carbocycles. The van der Waals surface area contributed by atoms with Crippen molar-refractivity contribution < 1.29 is 4.79 Å². The second-order valence-electron chi connectivity index (χ2n) is 4.14. The fraction of sp³-hybridized carbons (Fsp3) is 0.545. The zero-order chi connectivity index (χ0) is 13.1. The van der Waals surface area contributed by atoms with Gasteiger partial charge in [-0.05, 0) is 19.2 Å². The number of hydrogen-bond acceptors (Lipinski definition) is 6. The highest BCUT2D eigenvalue weighted by molar-refractivity contribution is 7.99. The summed E-state index contributed by atoms with van der Waals surface area (Å²) in [6, 6.07) is 0. The van der Waals surface area contributed by atoms with Crippen molar-refractivity contribution >= 4 is 39.7 Å². The van der Waals surface area contributed by atoms with Gasteiger partial charge in [0, 0.05) is 19.6 Å². The van der Waals surface area contributed by atoms with E-state index in [1.165, 1.54) is 11.3 Å². The molecule has 0 bridgehead atoms. The van der Waals surface area contributed by atoms with Crippen molar-refractivity contribution in [3.63, 3.8) is 0 Å². The molecule has 5 nitrogen and oxygen atoms in total. The molecule has 1 aliphatic heterocycles. The SMILES string of the molecule is CSc1c(N2CCCNCC2)sc(C(N)=O)c1N. The van der Waals surface area contributed by atoms with Crippen LogP contribution >= 0.6 is 23.1 Å². The Balaban J connectivity index is 2.36. The first-order chi connectivity index (χ1) is 8.65. The molecule has 1 saturated heterocycles. The molecule has 7 heteroatoms. The van der Waals surface area contributed by atoms with Crippen LogP contribution < -0.4 is 21.7 Å². The van der Waals surface area contributed by atoms with Gasteiger partial charge in [-0.15, -0.1) is 23.1 Å². The van der Waals surface area contributed by atoms with Gasteiger partial charge in [0.1, 0.15) is 9.88 Å². The van der Waals surface area contributed by atoms with Gasteiger partial charge in [0.25, 0.3) is 5.91 Å². The van der Waals surface area contributed by atoms with Crippen molar-refractivity contribution in [1.82, 2.24) is 5.32 Å². The number of rotatable bonds is 3. The zero-order valence-electron chi connectivity index (χ0n) is 10.4. The minimum absolute atomic E-state index is 0.438. The van der Waals surface area contributed by atoms with E-state index in [4.69, 9.17) is 11.5 Å². The number of thioether (sulfide) groups is 1. The first kappa shape index (κ1) is 13.5. The van der Waals surface area contributed by atoms with Gasteiger partial charge in [-0.25, -0.2) is 0 Å². The third kappa shape index (κ3) is 2.57. The second-order valence-corrected chi connectivity index (χ2v) is 5.95. The van der Waals surface area contributed by atoms with E-state index in [1.54, 1.807) is 11.8 Å². The topological polar surface area (TPSA) is 84.4 Å². The number of carbonyl (C=O) groups excluding carboxylic acids is 1. The number of hydrogen-bond donors (Lipinski definition) is 3. The smallest absolute Gasteiger partial charge is 0.261 e. The number of anilines is 2. The predicted molar refractivity (Wildman–Crippen MR) is 78.7 cm³/mol. The molecule has 100 valence electrons. The first-order valence-corrected chi connectivity index (χ1v) is 7.91. The van der Waals surface area contributed by atoms with Crippen LogP contribution in [-0.2, 0) is 0 Å². The highest BCUT2D eigenvalue weighted by Crippen LogP contribution is 2.43. The fourth-order valence-electron chi connectivity index (χ4n) is 2.05. The largest absolute Gasteiger partial charge is 0.396 e. The molecule has 0 saturated carbocycles. The van der Waals surface area contributed by atoms with E-state index in [2.05, 4.69) is 10.2 Å². The van der Waals surface area contributed by atoms with Crippen LogP contribution in [0.25, 0.3) is 0 Å². The van der Waals surface area contributed by atoms with Gasteiger partial charge in [-0.2, -0.15) is 0 Å². The Labute approximate surface area is 115 Å². The van der Waals surface area contributed by atoms with E-state index in [1.807, 2.05) is 6.26 Å². The quantitative estimate of drug-likeness (QED) is 0.721. The molecular formula is C11H18N4OS2. The van der Waals surface area contributed by atoms with Crippen molar-refractivity contribution in [3.8, 4) is 0 Å².